The number of rotatable bonds is 3. The largest absolute Gasteiger partial charge is 0.363 e. The third-order valence-electron chi connectivity index (χ3n) is 4.58. The van der Waals surface area contributed by atoms with Gasteiger partial charge in [-0.25, -0.2) is 23.1 Å². The molecule has 3 heterocycles. The molecule has 0 radical (unpaired) electrons. The molecule has 1 saturated carbocycles. The molecule has 2 aromatic rings. The predicted molar refractivity (Wildman–Crippen MR) is 80.1 cm³/mol. The number of alkyl halides is 2. The molecule has 0 saturated heterocycles. The molecule has 0 aromatic carbocycles. The summed E-state index contributed by atoms with van der Waals surface area (Å²) in [5.41, 5.74) is 5.43. The van der Waals surface area contributed by atoms with Gasteiger partial charge in [-0.1, -0.05) is 0 Å². The maximum absolute atomic E-state index is 13.3. The highest BCUT2D eigenvalue weighted by Crippen LogP contribution is 2.55. The van der Waals surface area contributed by atoms with E-state index in [9.17, 15) is 18.4 Å². The van der Waals surface area contributed by atoms with E-state index >= 15 is 0 Å². The average Bonchev–Trinajstić information content (AvgIpc) is 2.97. The maximum atomic E-state index is 13.3. The second-order valence-corrected chi connectivity index (χ2v) is 6.28. The number of primary amides is 1. The number of carbonyl (C=O) groups excluding carboxylic acids is 2. The number of fused-ring (bicyclic) bond motifs is 1. The molecule has 1 aliphatic heterocycles. The zero-order valence-corrected chi connectivity index (χ0v) is 13.3. The highest BCUT2D eigenvalue weighted by atomic mass is 19.3. The van der Waals surface area contributed by atoms with Gasteiger partial charge in [0.05, 0.1) is 11.6 Å². The molecule has 2 aromatic heterocycles. The number of aryl methyl sites for hydroxylation is 1. The minimum atomic E-state index is -2.71. The van der Waals surface area contributed by atoms with Crippen LogP contribution in [0.5, 0.6) is 0 Å². The maximum Gasteiger partial charge on any atom is 0.288 e. The van der Waals surface area contributed by atoms with Crippen LogP contribution in [0.2, 0.25) is 0 Å². The number of anilines is 1. The van der Waals surface area contributed by atoms with E-state index in [4.69, 9.17) is 5.73 Å². The number of hydrogen-bond acceptors (Lipinski definition) is 5. The van der Waals surface area contributed by atoms with E-state index < -0.39 is 23.8 Å². The first-order chi connectivity index (χ1) is 11.8. The number of likely N-dealkylation sites (N-methyl/N-ethyl adjacent to an activating group) is 1. The van der Waals surface area contributed by atoms with Crippen LogP contribution in [-0.2, 0) is 11.3 Å². The fourth-order valence-electron chi connectivity index (χ4n) is 3.05. The first-order valence-corrected chi connectivity index (χ1v) is 7.72. The van der Waals surface area contributed by atoms with Gasteiger partial charge in [0.2, 0.25) is 5.82 Å². The topological polar surface area (TPSA) is 112 Å². The van der Waals surface area contributed by atoms with Gasteiger partial charge in [0.15, 0.2) is 0 Å². The summed E-state index contributed by atoms with van der Waals surface area (Å²) >= 11 is 0. The van der Waals surface area contributed by atoms with Crippen molar-refractivity contribution >= 4 is 17.6 Å². The molecule has 0 unspecified atom stereocenters. The Morgan fingerprint density at radius 3 is 2.72 bits per heavy atom. The van der Waals surface area contributed by atoms with Crippen LogP contribution in [0, 0.1) is 0 Å². The molecule has 2 atom stereocenters. The van der Waals surface area contributed by atoms with Crippen LogP contribution in [0.25, 0.3) is 0 Å². The molecule has 132 valence electrons. The third kappa shape index (κ3) is 2.46. The molecule has 1 fully saturated rings. The molecule has 2 amide bonds. The van der Waals surface area contributed by atoms with Crippen molar-refractivity contribution in [3.05, 3.63) is 23.9 Å². The first kappa shape index (κ1) is 15.7. The molecule has 9 nitrogen and oxygen atoms in total. The summed E-state index contributed by atoms with van der Waals surface area (Å²) in [4.78, 5) is 29.0. The Morgan fingerprint density at radius 2 is 2.12 bits per heavy atom. The van der Waals surface area contributed by atoms with E-state index in [1.54, 1.807) is 11.7 Å². The lowest BCUT2D eigenvalue weighted by molar-refractivity contribution is -0.121. The van der Waals surface area contributed by atoms with Gasteiger partial charge in [-0.15, -0.1) is 5.10 Å². The van der Waals surface area contributed by atoms with Crippen LogP contribution in [0.1, 0.15) is 41.1 Å². The Hall–Kier alpha value is -2.85. The summed E-state index contributed by atoms with van der Waals surface area (Å²) in [6.07, 6.45) is 1.40. The standard InChI is InChI=1S/C14H15F2N7O2/c1-21-10-4-8(7-5-14(7,15)16)19-22(10)3-2-9(13(21)25)23-6-18-12(20-23)11(17)24/h4,6-7,9H,2-3,5H2,1H3,(H2,17,24)/t7-,9+/m1/s1. The van der Waals surface area contributed by atoms with Gasteiger partial charge >= 0.3 is 0 Å². The van der Waals surface area contributed by atoms with Crippen molar-refractivity contribution < 1.29 is 18.4 Å². The molecular weight excluding hydrogens is 336 g/mol. The molecule has 0 bridgehead atoms. The van der Waals surface area contributed by atoms with Crippen molar-refractivity contribution in [1.82, 2.24) is 24.5 Å². The summed E-state index contributed by atoms with van der Waals surface area (Å²) in [6, 6.07) is 0.847. The van der Waals surface area contributed by atoms with Crippen LogP contribution >= 0.6 is 0 Å². The second-order valence-electron chi connectivity index (χ2n) is 6.28. The summed E-state index contributed by atoms with van der Waals surface area (Å²) in [6.45, 7) is 0.347. The quantitative estimate of drug-likeness (QED) is 0.855. The predicted octanol–water partition coefficient (Wildman–Crippen LogP) is 0.304. The van der Waals surface area contributed by atoms with Crippen LogP contribution < -0.4 is 10.6 Å². The average molecular weight is 351 g/mol. The fourth-order valence-corrected chi connectivity index (χ4v) is 3.05. The highest BCUT2D eigenvalue weighted by Gasteiger charge is 2.59. The van der Waals surface area contributed by atoms with E-state index in [1.807, 2.05) is 0 Å². The number of nitrogens with two attached hydrogens (primary N) is 1. The van der Waals surface area contributed by atoms with Gasteiger partial charge in [-0.2, -0.15) is 5.10 Å². The van der Waals surface area contributed by atoms with Crippen LogP contribution in [0.3, 0.4) is 0 Å². The Kier molecular flexibility index (Phi) is 3.18. The zero-order valence-electron chi connectivity index (χ0n) is 13.3. The molecule has 25 heavy (non-hydrogen) atoms. The lowest BCUT2D eigenvalue weighted by atomic mass is 10.2. The van der Waals surface area contributed by atoms with E-state index in [0.29, 0.717) is 24.5 Å². The van der Waals surface area contributed by atoms with Crippen LogP contribution in [-0.4, -0.2) is 49.3 Å². The van der Waals surface area contributed by atoms with Crippen molar-refractivity contribution in [3.63, 3.8) is 0 Å². The summed E-state index contributed by atoms with van der Waals surface area (Å²) in [5.74, 6) is -4.38. The van der Waals surface area contributed by atoms with E-state index in [1.165, 1.54) is 22.0 Å². The van der Waals surface area contributed by atoms with Crippen LogP contribution in [0.15, 0.2) is 12.4 Å². The van der Waals surface area contributed by atoms with Gasteiger partial charge < -0.3 is 5.73 Å². The van der Waals surface area contributed by atoms with Gasteiger partial charge in [0.25, 0.3) is 17.7 Å². The molecule has 11 heteroatoms. The number of amides is 2. The number of nitrogens with zero attached hydrogens (tertiary/aromatic N) is 6. The molecular formula is C14H15F2N7O2. The second kappa shape index (κ2) is 5.07. The molecule has 2 aliphatic rings. The zero-order chi connectivity index (χ0) is 17.9. The number of aromatic nitrogens is 5. The Balaban J connectivity index is 1.61. The first-order valence-electron chi connectivity index (χ1n) is 7.72. The highest BCUT2D eigenvalue weighted by molar-refractivity contribution is 5.95. The monoisotopic (exact) mass is 351 g/mol. The number of hydrogen-bond donors (Lipinski definition) is 1. The van der Waals surface area contributed by atoms with Crippen molar-refractivity contribution in [3.8, 4) is 0 Å². The Morgan fingerprint density at radius 1 is 1.40 bits per heavy atom. The van der Waals surface area contributed by atoms with Crippen molar-refractivity contribution in [1.29, 1.82) is 0 Å². The Labute approximate surface area is 140 Å². The fraction of sp³-hybridized carbons (Fsp3) is 0.500. The minimum absolute atomic E-state index is 0.171. The summed E-state index contributed by atoms with van der Waals surface area (Å²) in [5, 5.41) is 8.17. The lowest BCUT2D eigenvalue weighted by Gasteiger charge is -2.19. The molecule has 1 aliphatic carbocycles. The normalized spacial score (nSPS) is 24.8. The SMILES string of the molecule is CN1C(=O)[C@@H](n2cnc(C(N)=O)n2)CCn2nc([C@H]3CC3(F)F)cc21. The number of carbonyl (C=O) groups is 2. The van der Waals surface area contributed by atoms with Gasteiger partial charge in [-0.05, 0) is 6.42 Å². The minimum Gasteiger partial charge on any atom is -0.363 e. The Bertz CT molecular complexity index is 874. The summed E-state index contributed by atoms with van der Waals surface area (Å²) < 4.78 is 29.4. The van der Waals surface area contributed by atoms with Gasteiger partial charge in [0, 0.05) is 26.1 Å². The van der Waals surface area contributed by atoms with Crippen molar-refractivity contribution in [2.24, 2.45) is 5.73 Å². The van der Waals surface area contributed by atoms with E-state index in [-0.39, 0.29) is 18.2 Å². The van der Waals surface area contributed by atoms with E-state index in [2.05, 4.69) is 15.2 Å². The van der Waals surface area contributed by atoms with Gasteiger partial charge in [-0.3, -0.25) is 14.5 Å². The summed E-state index contributed by atoms with van der Waals surface area (Å²) in [7, 11) is 1.55. The van der Waals surface area contributed by atoms with Gasteiger partial charge in [0.1, 0.15) is 18.2 Å². The lowest BCUT2D eigenvalue weighted by Crippen LogP contribution is -2.34. The third-order valence-corrected chi connectivity index (χ3v) is 4.58. The van der Waals surface area contributed by atoms with Crippen molar-refractivity contribution in [2.75, 3.05) is 11.9 Å². The number of halogens is 2. The molecule has 0 spiro atoms. The molecule has 4 rings (SSSR count). The molecule has 2 N–H and O–H groups in total. The smallest absolute Gasteiger partial charge is 0.288 e. The van der Waals surface area contributed by atoms with E-state index in [0.717, 1.165) is 0 Å². The van der Waals surface area contributed by atoms with Crippen molar-refractivity contribution in [2.45, 2.75) is 37.3 Å². The van der Waals surface area contributed by atoms with Crippen LogP contribution in [0.4, 0.5) is 14.6 Å².